The third kappa shape index (κ3) is 4.26. The molecule has 1 aromatic carbocycles. The van der Waals surface area contributed by atoms with E-state index < -0.39 is 14.9 Å². The Labute approximate surface area is 117 Å². The molecular formula is C12H17N3O4S. The fraction of sp³-hybridized carbons (Fsp3) is 0.500. The molecule has 0 aliphatic heterocycles. The maximum absolute atomic E-state index is 12.0. The molecule has 0 spiro atoms. The standard InChI is InChI=1S/C12H17N3O4S/c16-15(17)11-3-1-4-12(9-11)20(18,19)14-8-2-7-13-10-5-6-10/h1,3-4,9-10,13-14H,2,5-8H2. The molecule has 1 saturated carbocycles. The van der Waals surface area contributed by atoms with Crippen molar-refractivity contribution in [1.82, 2.24) is 10.0 Å². The highest BCUT2D eigenvalue weighted by molar-refractivity contribution is 7.89. The van der Waals surface area contributed by atoms with Crippen molar-refractivity contribution in [2.24, 2.45) is 0 Å². The van der Waals surface area contributed by atoms with Gasteiger partial charge in [-0.2, -0.15) is 0 Å². The highest BCUT2D eigenvalue weighted by Crippen LogP contribution is 2.18. The van der Waals surface area contributed by atoms with E-state index in [1.54, 1.807) is 0 Å². The van der Waals surface area contributed by atoms with Crippen LogP contribution < -0.4 is 10.0 Å². The van der Waals surface area contributed by atoms with E-state index in [2.05, 4.69) is 10.0 Å². The van der Waals surface area contributed by atoms with Crippen molar-refractivity contribution < 1.29 is 13.3 Å². The van der Waals surface area contributed by atoms with Crippen LogP contribution in [0.2, 0.25) is 0 Å². The molecule has 0 radical (unpaired) electrons. The number of nitro groups is 1. The van der Waals surface area contributed by atoms with Crippen LogP contribution in [0.4, 0.5) is 5.69 Å². The molecule has 0 bridgehead atoms. The van der Waals surface area contributed by atoms with Crippen LogP contribution in [0, 0.1) is 10.1 Å². The Bertz CT molecular complexity index is 584. The SMILES string of the molecule is O=[N+]([O-])c1cccc(S(=O)(=O)NCCCNC2CC2)c1. The topological polar surface area (TPSA) is 101 Å². The van der Waals surface area contributed by atoms with Gasteiger partial charge in [0.1, 0.15) is 0 Å². The van der Waals surface area contributed by atoms with E-state index in [0.717, 1.165) is 12.6 Å². The average Bonchev–Trinajstić information content (AvgIpc) is 3.22. The summed E-state index contributed by atoms with van der Waals surface area (Å²) in [5.74, 6) is 0. The zero-order chi connectivity index (χ0) is 14.6. The second-order valence-electron chi connectivity index (χ2n) is 4.73. The van der Waals surface area contributed by atoms with Gasteiger partial charge in [0.25, 0.3) is 5.69 Å². The van der Waals surface area contributed by atoms with Crippen molar-refractivity contribution in [3.05, 3.63) is 34.4 Å². The maximum Gasteiger partial charge on any atom is 0.270 e. The van der Waals surface area contributed by atoms with E-state index in [4.69, 9.17) is 0 Å². The molecule has 110 valence electrons. The molecule has 0 unspecified atom stereocenters. The molecule has 1 aliphatic rings. The monoisotopic (exact) mass is 299 g/mol. The van der Waals surface area contributed by atoms with Gasteiger partial charge < -0.3 is 5.32 Å². The van der Waals surface area contributed by atoms with Crippen LogP contribution in [0.3, 0.4) is 0 Å². The summed E-state index contributed by atoms with van der Waals surface area (Å²) in [5, 5.41) is 13.9. The summed E-state index contributed by atoms with van der Waals surface area (Å²) >= 11 is 0. The molecule has 7 nitrogen and oxygen atoms in total. The summed E-state index contributed by atoms with van der Waals surface area (Å²) in [6.45, 7) is 1.08. The lowest BCUT2D eigenvalue weighted by Gasteiger charge is -2.07. The summed E-state index contributed by atoms with van der Waals surface area (Å²) < 4.78 is 26.4. The zero-order valence-corrected chi connectivity index (χ0v) is 11.7. The summed E-state index contributed by atoms with van der Waals surface area (Å²) in [7, 11) is -3.68. The third-order valence-electron chi connectivity index (χ3n) is 2.99. The first kappa shape index (κ1) is 14.9. The Hall–Kier alpha value is -1.51. The van der Waals surface area contributed by atoms with Crippen LogP contribution in [-0.4, -0.2) is 32.5 Å². The summed E-state index contributed by atoms with van der Waals surface area (Å²) in [6, 6.07) is 5.63. The minimum absolute atomic E-state index is 0.0816. The summed E-state index contributed by atoms with van der Waals surface area (Å²) in [5.41, 5.74) is -0.233. The molecule has 0 aromatic heterocycles. The zero-order valence-electron chi connectivity index (χ0n) is 10.9. The molecule has 20 heavy (non-hydrogen) atoms. The van der Waals surface area contributed by atoms with Crippen molar-refractivity contribution in [1.29, 1.82) is 0 Å². The van der Waals surface area contributed by atoms with Crippen molar-refractivity contribution >= 4 is 15.7 Å². The Balaban J connectivity index is 1.88. The van der Waals surface area contributed by atoms with Gasteiger partial charge >= 0.3 is 0 Å². The number of hydrogen-bond acceptors (Lipinski definition) is 5. The normalized spacial score (nSPS) is 15.2. The van der Waals surface area contributed by atoms with Crippen molar-refractivity contribution in [3.8, 4) is 0 Å². The first-order valence-electron chi connectivity index (χ1n) is 6.46. The second kappa shape index (κ2) is 6.29. The van der Waals surface area contributed by atoms with Crippen molar-refractivity contribution in [2.45, 2.75) is 30.2 Å². The predicted octanol–water partition coefficient (Wildman–Crippen LogP) is 1.02. The molecule has 1 aliphatic carbocycles. The Morgan fingerprint density at radius 1 is 1.30 bits per heavy atom. The highest BCUT2D eigenvalue weighted by Gasteiger charge is 2.20. The Kier molecular flexibility index (Phi) is 4.69. The minimum atomic E-state index is -3.68. The summed E-state index contributed by atoms with van der Waals surface area (Å²) in [4.78, 5) is 9.94. The predicted molar refractivity (Wildman–Crippen MR) is 73.9 cm³/mol. The van der Waals surface area contributed by atoms with Crippen LogP contribution >= 0.6 is 0 Å². The van der Waals surface area contributed by atoms with E-state index >= 15 is 0 Å². The number of nitrogens with one attached hydrogen (secondary N) is 2. The number of nitro benzene ring substituents is 1. The number of non-ortho nitro benzene ring substituents is 1. The molecule has 1 aromatic rings. The average molecular weight is 299 g/mol. The first-order valence-corrected chi connectivity index (χ1v) is 7.95. The van der Waals surface area contributed by atoms with Gasteiger partial charge in [-0.3, -0.25) is 10.1 Å². The van der Waals surface area contributed by atoms with Gasteiger partial charge in [0.15, 0.2) is 0 Å². The fourth-order valence-corrected chi connectivity index (χ4v) is 2.85. The molecule has 8 heteroatoms. The van der Waals surface area contributed by atoms with Gasteiger partial charge in [-0.1, -0.05) is 6.07 Å². The molecular weight excluding hydrogens is 282 g/mol. The van der Waals surface area contributed by atoms with Crippen LogP contribution in [0.5, 0.6) is 0 Å². The third-order valence-corrected chi connectivity index (χ3v) is 4.45. The van der Waals surface area contributed by atoms with Crippen LogP contribution in [0.25, 0.3) is 0 Å². The van der Waals surface area contributed by atoms with E-state index in [9.17, 15) is 18.5 Å². The first-order chi connectivity index (χ1) is 9.49. The Morgan fingerprint density at radius 2 is 2.05 bits per heavy atom. The quantitative estimate of drug-likeness (QED) is 0.424. The van der Waals surface area contributed by atoms with Gasteiger partial charge in [0.05, 0.1) is 9.82 Å². The molecule has 0 saturated heterocycles. The number of benzene rings is 1. The lowest BCUT2D eigenvalue weighted by atomic mass is 10.3. The van der Waals surface area contributed by atoms with E-state index in [1.165, 1.54) is 31.0 Å². The van der Waals surface area contributed by atoms with Gasteiger partial charge in [0.2, 0.25) is 10.0 Å². The number of hydrogen-bond donors (Lipinski definition) is 2. The van der Waals surface area contributed by atoms with Crippen molar-refractivity contribution in [3.63, 3.8) is 0 Å². The Morgan fingerprint density at radius 3 is 2.70 bits per heavy atom. The van der Waals surface area contributed by atoms with Gasteiger partial charge in [0, 0.05) is 24.7 Å². The van der Waals surface area contributed by atoms with Crippen LogP contribution in [-0.2, 0) is 10.0 Å². The molecule has 0 atom stereocenters. The lowest BCUT2D eigenvalue weighted by Crippen LogP contribution is -2.28. The maximum atomic E-state index is 12.0. The van der Waals surface area contributed by atoms with Gasteiger partial charge in [-0.15, -0.1) is 0 Å². The number of sulfonamides is 1. The molecule has 2 N–H and O–H groups in total. The van der Waals surface area contributed by atoms with Crippen LogP contribution in [0.1, 0.15) is 19.3 Å². The van der Waals surface area contributed by atoms with Gasteiger partial charge in [-0.25, -0.2) is 13.1 Å². The van der Waals surface area contributed by atoms with Crippen molar-refractivity contribution in [2.75, 3.05) is 13.1 Å². The van der Waals surface area contributed by atoms with Crippen LogP contribution in [0.15, 0.2) is 29.2 Å². The molecule has 1 fully saturated rings. The van der Waals surface area contributed by atoms with E-state index in [0.29, 0.717) is 19.0 Å². The number of nitrogens with zero attached hydrogens (tertiary/aromatic N) is 1. The van der Waals surface area contributed by atoms with E-state index in [-0.39, 0.29) is 10.6 Å². The fourth-order valence-electron chi connectivity index (χ4n) is 1.74. The molecule has 2 rings (SSSR count). The molecule has 0 amide bonds. The van der Waals surface area contributed by atoms with Gasteiger partial charge in [-0.05, 0) is 31.9 Å². The minimum Gasteiger partial charge on any atom is -0.314 e. The highest BCUT2D eigenvalue weighted by atomic mass is 32.2. The smallest absolute Gasteiger partial charge is 0.270 e. The summed E-state index contributed by atoms with van der Waals surface area (Å²) in [6.07, 6.45) is 3.07. The lowest BCUT2D eigenvalue weighted by molar-refractivity contribution is -0.385. The van der Waals surface area contributed by atoms with E-state index in [1.807, 2.05) is 0 Å². The second-order valence-corrected chi connectivity index (χ2v) is 6.50. The molecule has 0 heterocycles. The number of rotatable bonds is 8. The largest absolute Gasteiger partial charge is 0.314 e.